The van der Waals surface area contributed by atoms with Gasteiger partial charge in [0, 0.05) is 18.7 Å². The number of nitro groups is 1. The van der Waals surface area contributed by atoms with Crippen molar-refractivity contribution in [1.29, 1.82) is 0 Å². The summed E-state index contributed by atoms with van der Waals surface area (Å²) in [5.41, 5.74) is -0.431. The van der Waals surface area contributed by atoms with Crippen molar-refractivity contribution in [2.24, 2.45) is 0 Å². The Balaban J connectivity index is 2.24. The fraction of sp³-hybridized carbons (Fsp3) is 0.500. The zero-order valence-electron chi connectivity index (χ0n) is 11.0. The number of sulfonamides is 1. The topological polar surface area (TPSA) is 98.5 Å². The lowest BCUT2D eigenvalue weighted by Gasteiger charge is -2.19. The number of ether oxygens (including phenoxy) is 1. The maximum Gasteiger partial charge on any atom is 0.289 e. The Morgan fingerprint density at radius 2 is 2.15 bits per heavy atom. The first kappa shape index (κ1) is 14.9. The van der Waals surface area contributed by atoms with Crippen LogP contribution in [0.2, 0.25) is 0 Å². The molecular weight excluding hydrogens is 284 g/mol. The van der Waals surface area contributed by atoms with Crippen LogP contribution in [0.25, 0.3) is 0 Å². The van der Waals surface area contributed by atoms with Crippen LogP contribution in [0, 0.1) is 10.1 Å². The second-order valence-electron chi connectivity index (χ2n) is 4.69. The summed E-state index contributed by atoms with van der Waals surface area (Å²) in [5.74, 6) is 0. The van der Waals surface area contributed by atoms with Gasteiger partial charge in [-0.25, -0.2) is 13.1 Å². The molecule has 0 amide bonds. The predicted octanol–water partition coefficient (Wildman–Crippen LogP) is 1.44. The highest BCUT2D eigenvalue weighted by Gasteiger charge is 2.30. The summed E-state index contributed by atoms with van der Waals surface area (Å²) in [5, 5.41) is 10.9. The van der Waals surface area contributed by atoms with E-state index in [2.05, 4.69) is 4.72 Å². The van der Waals surface area contributed by atoms with Crippen molar-refractivity contribution in [2.75, 3.05) is 6.61 Å². The van der Waals surface area contributed by atoms with Gasteiger partial charge in [-0.2, -0.15) is 0 Å². The van der Waals surface area contributed by atoms with E-state index in [0.717, 1.165) is 12.8 Å². The van der Waals surface area contributed by atoms with Crippen molar-refractivity contribution < 1.29 is 18.1 Å². The zero-order valence-corrected chi connectivity index (χ0v) is 11.8. The van der Waals surface area contributed by atoms with Gasteiger partial charge >= 0.3 is 0 Å². The molecule has 1 heterocycles. The van der Waals surface area contributed by atoms with Gasteiger partial charge in [0.2, 0.25) is 10.0 Å². The molecule has 1 N–H and O–H groups in total. The molecule has 1 aromatic rings. The third-order valence-electron chi connectivity index (χ3n) is 3.22. The van der Waals surface area contributed by atoms with Crippen molar-refractivity contribution in [3.05, 3.63) is 34.4 Å². The molecule has 1 aliphatic heterocycles. The van der Waals surface area contributed by atoms with Crippen LogP contribution in [0.3, 0.4) is 0 Å². The smallest absolute Gasteiger partial charge is 0.289 e. The van der Waals surface area contributed by atoms with Gasteiger partial charge in [0.1, 0.15) is 0 Å². The number of rotatable bonds is 5. The van der Waals surface area contributed by atoms with Gasteiger partial charge in [0.25, 0.3) is 5.69 Å². The minimum Gasteiger partial charge on any atom is -0.377 e. The first-order chi connectivity index (χ1) is 9.42. The zero-order chi connectivity index (χ0) is 14.8. The highest BCUT2D eigenvalue weighted by Crippen LogP contribution is 2.24. The van der Waals surface area contributed by atoms with Crippen LogP contribution in [0.15, 0.2) is 29.2 Å². The second kappa shape index (κ2) is 5.86. The number of nitrogens with one attached hydrogen (secondary N) is 1. The van der Waals surface area contributed by atoms with E-state index in [0.29, 0.717) is 6.61 Å². The van der Waals surface area contributed by atoms with Gasteiger partial charge in [-0.05, 0) is 25.8 Å². The largest absolute Gasteiger partial charge is 0.377 e. The molecule has 1 aromatic carbocycles. The standard InChI is InChI=1S/C12H16N2O5S/c1-9(11-6-4-8-19-11)13-20(17,18)12-7-3-2-5-10(12)14(15)16/h2-3,5,7,9,11,13H,4,6,8H2,1H3/t9-,11-/m0/s1. The molecule has 0 unspecified atom stereocenters. The molecule has 8 heteroatoms. The molecule has 0 aliphatic carbocycles. The van der Waals surface area contributed by atoms with E-state index in [4.69, 9.17) is 4.74 Å². The van der Waals surface area contributed by atoms with E-state index in [1.54, 1.807) is 6.92 Å². The monoisotopic (exact) mass is 300 g/mol. The maximum absolute atomic E-state index is 12.3. The summed E-state index contributed by atoms with van der Waals surface area (Å²) in [7, 11) is -3.94. The first-order valence-electron chi connectivity index (χ1n) is 6.29. The molecule has 7 nitrogen and oxygen atoms in total. The van der Waals surface area contributed by atoms with Gasteiger partial charge in [-0.15, -0.1) is 0 Å². The van der Waals surface area contributed by atoms with Crippen molar-refractivity contribution in [3.8, 4) is 0 Å². The molecule has 1 saturated heterocycles. The van der Waals surface area contributed by atoms with Crippen molar-refractivity contribution in [3.63, 3.8) is 0 Å². The normalized spacial score (nSPS) is 20.8. The van der Waals surface area contributed by atoms with Crippen LogP contribution in [0.4, 0.5) is 5.69 Å². The molecule has 1 aliphatic rings. The van der Waals surface area contributed by atoms with E-state index in [-0.39, 0.29) is 11.0 Å². The SMILES string of the molecule is C[C@H](NS(=O)(=O)c1ccccc1[N+](=O)[O-])[C@@H]1CCCO1. The van der Waals surface area contributed by atoms with E-state index in [1.165, 1.54) is 24.3 Å². The van der Waals surface area contributed by atoms with Crippen LogP contribution < -0.4 is 4.72 Å². The van der Waals surface area contributed by atoms with Crippen molar-refractivity contribution >= 4 is 15.7 Å². The van der Waals surface area contributed by atoms with E-state index in [1.807, 2.05) is 0 Å². The van der Waals surface area contributed by atoms with E-state index < -0.39 is 26.7 Å². The number of hydrogen-bond acceptors (Lipinski definition) is 5. The van der Waals surface area contributed by atoms with Crippen molar-refractivity contribution in [1.82, 2.24) is 4.72 Å². The molecule has 0 radical (unpaired) electrons. The van der Waals surface area contributed by atoms with Gasteiger partial charge in [0.15, 0.2) is 4.90 Å². The molecule has 0 bridgehead atoms. The fourth-order valence-corrected chi connectivity index (χ4v) is 3.66. The van der Waals surface area contributed by atoms with Crippen molar-refractivity contribution in [2.45, 2.75) is 36.8 Å². The Kier molecular flexibility index (Phi) is 4.36. The lowest BCUT2D eigenvalue weighted by Crippen LogP contribution is -2.40. The lowest BCUT2D eigenvalue weighted by atomic mass is 10.1. The Bertz CT molecular complexity index is 596. The fourth-order valence-electron chi connectivity index (χ4n) is 2.22. The van der Waals surface area contributed by atoms with Crippen LogP contribution in [0.1, 0.15) is 19.8 Å². The Morgan fingerprint density at radius 1 is 1.45 bits per heavy atom. The Morgan fingerprint density at radius 3 is 2.75 bits per heavy atom. The summed E-state index contributed by atoms with van der Waals surface area (Å²) in [6, 6.07) is 4.86. The molecular formula is C12H16N2O5S. The lowest BCUT2D eigenvalue weighted by molar-refractivity contribution is -0.387. The summed E-state index contributed by atoms with van der Waals surface area (Å²) in [4.78, 5) is 9.87. The first-order valence-corrected chi connectivity index (χ1v) is 7.77. The Labute approximate surface area is 117 Å². The molecule has 0 aromatic heterocycles. The summed E-state index contributed by atoms with van der Waals surface area (Å²) < 4.78 is 32.4. The van der Waals surface area contributed by atoms with E-state index >= 15 is 0 Å². The average Bonchev–Trinajstić information content (AvgIpc) is 2.92. The van der Waals surface area contributed by atoms with Gasteiger partial charge in [0.05, 0.1) is 11.0 Å². The Hall–Kier alpha value is -1.51. The molecule has 110 valence electrons. The minimum absolute atomic E-state index is 0.187. The van der Waals surface area contributed by atoms with Gasteiger partial charge < -0.3 is 4.74 Å². The van der Waals surface area contributed by atoms with Crippen LogP contribution >= 0.6 is 0 Å². The van der Waals surface area contributed by atoms with Crippen LogP contribution in [-0.2, 0) is 14.8 Å². The third-order valence-corrected chi connectivity index (χ3v) is 4.82. The van der Waals surface area contributed by atoms with Crippen LogP contribution in [0.5, 0.6) is 0 Å². The quantitative estimate of drug-likeness (QED) is 0.655. The van der Waals surface area contributed by atoms with Gasteiger partial charge in [-0.3, -0.25) is 10.1 Å². The van der Waals surface area contributed by atoms with E-state index in [9.17, 15) is 18.5 Å². The average molecular weight is 300 g/mol. The number of benzene rings is 1. The third kappa shape index (κ3) is 3.14. The number of nitrogens with zero attached hydrogens (tertiary/aromatic N) is 1. The second-order valence-corrected chi connectivity index (χ2v) is 6.37. The summed E-state index contributed by atoms with van der Waals surface area (Å²) in [6.45, 7) is 2.31. The molecule has 2 atom stereocenters. The number of para-hydroxylation sites is 1. The molecule has 0 spiro atoms. The van der Waals surface area contributed by atoms with Gasteiger partial charge in [-0.1, -0.05) is 12.1 Å². The highest BCUT2D eigenvalue weighted by molar-refractivity contribution is 7.89. The highest BCUT2D eigenvalue weighted by atomic mass is 32.2. The molecule has 1 fully saturated rings. The molecule has 20 heavy (non-hydrogen) atoms. The summed E-state index contributed by atoms with van der Waals surface area (Å²) in [6.07, 6.45) is 1.48. The number of nitro benzene ring substituents is 1. The number of hydrogen-bond donors (Lipinski definition) is 1. The molecule has 2 rings (SSSR count). The maximum atomic E-state index is 12.3. The minimum atomic E-state index is -3.94. The van der Waals surface area contributed by atoms with Crippen LogP contribution in [-0.4, -0.2) is 32.1 Å². The predicted molar refractivity (Wildman–Crippen MR) is 71.9 cm³/mol. The molecule has 0 saturated carbocycles. The summed E-state index contributed by atoms with van der Waals surface area (Å²) >= 11 is 0.